The Balaban J connectivity index is 2.91. The Kier molecular flexibility index (Phi) is 12.8. The first-order valence-corrected chi connectivity index (χ1v) is 17.9. The van der Waals surface area contributed by atoms with Crippen LogP contribution in [0.5, 0.6) is 0 Å². The second-order valence-electron chi connectivity index (χ2n) is 11.3. The zero-order valence-electron chi connectivity index (χ0n) is 25.9. The zero-order valence-corrected chi connectivity index (χ0v) is 28.5. The normalized spacial score (nSPS) is 14.4. The Morgan fingerprint density at radius 3 is 1.40 bits per heavy atom. The maximum absolute atomic E-state index is 14.4. The number of nitrogens with one attached hydrogen (secondary N) is 2. The average molecular weight is 711 g/mol. The lowest BCUT2D eigenvalue weighted by molar-refractivity contribution is -0.147. The molecule has 1 unspecified atom stereocenters. The van der Waals surface area contributed by atoms with E-state index in [1.54, 1.807) is 9.34 Å². The molecule has 1 amide bonds. The molecule has 0 aromatic heterocycles. The standard InChI is InChI=1S/C28H37F9N4OP2S/c1-16(2)40(17(3)4)44(45,41(18(5)6)19(7)8)25(42)38-39-43(21-12-10-9-11-13-21)24-22(27(32,33)34)14-20(26(29,30)31)15-23(24)28(35,36)37/h9-19,39H,1-8H3,(H,38,42). The van der Waals surface area contributed by atoms with Gasteiger partial charge < -0.3 is 0 Å². The third-order valence-corrected chi connectivity index (χ3v) is 14.0. The van der Waals surface area contributed by atoms with Crippen molar-refractivity contribution in [1.29, 1.82) is 0 Å². The van der Waals surface area contributed by atoms with Crippen LogP contribution in [0.4, 0.5) is 44.3 Å². The summed E-state index contributed by atoms with van der Waals surface area (Å²) in [4.78, 5) is 14.2. The molecule has 2 rings (SSSR count). The second-order valence-corrected chi connectivity index (χ2v) is 17.1. The van der Waals surface area contributed by atoms with E-state index in [9.17, 15) is 44.3 Å². The predicted octanol–water partition coefficient (Wildman–Crippen LogP) is 8.85. The number of alkyl halides is 9. The predicted molar refractivity (Wildman–Crippen MR) is 164 cm³/mol. The smallest absolute Gasteiger partial charge is 0.281 e. The number of hydrazine groups is 1. The molecule has 2 aromatic rings. The van der Waals surface area contributed by atoms with Crippen LogP contribution < -0.4 is 21.2 Å². The number of nitrogens with zero attached hydrogens (tertiary/aromatic N) is 2. The van der Waals surface area contributed by atoms with Crippen molar-refractivity contribution in [1.82, 2.24) is 20.0 Å². The van der Waals surface area contributed by atoms with E-state index >= 15 is 0 Å². The van der Waals surface area contributed by atoms with E-state index in [0.29, 0.717) is 0 Å². The molecular weight excluding hydrogens is 673 g/mol. The van der Waals surface area contributed by atoms with Gasteiger partial charge in [-0.25, -0.2) is 5.20 Å². The van der Waals surface area contributed by atoms with E-state index < -0.39 is 60.6 Å². The Bertz CT molecular complexity index is 1290. The average Bonchev–Trinajstić information content (AvgIpc) is 2.86. The summed E-state index contributed by atoms with van der Waals surface area (Å²) in [6.07, 6.45) is -20.3. The maximum Gasteiger partial charge on any atom is 0.417 e. The molecule has 254 valence electrons. The van der Waals surface area contributed by atoms with Crippen LogP contribution in [-0.2, 0) is 30.3 Å². The Morgan fingerprint density at radius 1 is 0.711 bits per heavy atom. The fraction of sp³-hybridized carbons (Fsp3) is 0.536. The minimum absolute atomic E-state index is 0.119. The van der Waals surface area contributed by atoms with Crippen LogP contribution >= 0.6 is 14.4 Å². The summed E-state index contributed by atoms with van der Waals surface area (Å²) >= 11 is 6.12. The molecule has 0 aliphatic rings. The number of hydrogen-bond acceptors (Lipinski definition) is 3. The van der Waals surface area contributed by atoms with E-state index in [2.05, 4.69) is 10.6 Å². The van der Waals surface area contributed by atoms with Gasteiger partial charge in [-0.05, 0) is 72.8 Å². The minimum Gasteiger partial charge on any atom is -0.281 e. The number of carbonyl (C=O) groups excluding carboxylic acids is 1. The third kappa shape index (κ3) is 8.99. The van der Waals surface area contributed by atoms with Gasteiger partial charge in [0, 0.05) is 37.5 Å². The first-order chi connectivity index (χ1) is 20.4. The lowest BCUT2D eigenvalue weighted by Gasteiger charge is -2.48. The molecule has 0 saturated heterocycles. The summed E-state index contributed by atoms with van der Waals surface area (Å²) in [5, 5.41) is 0.813. The summed E-state index contributed by atoms with van der Waals surface area (Å²) in [6, 6.07) is 4.77. The highest BCUT2D eigenvalue weighted by molar-refractivity contribution is 8.20. The van der Waals surface area contributed by atoms with Crippen molar-refractivity contribution >= 4 is 42.5 Å². The lowest BCUT2D eigenvalue weighted by atomic mass is 10.0. The molecule has 1 atom stereocenters. The highest BCUT2D eigenvalue weighted by atomic mass is 32.4. The zero-order chi connectivity index (χ0) is 34.9. The second kappa shape index (κ2) is 14.6. The van der Waals surface area contributed by atoms with E-state index in [1.165, 1.54) is 30.3 Å². The quantitative estimate of drug-likeness (QED) is 0.139. The van der Waals surface area contributed by atoms with Gasteiger partial charge in [-0.15, -0.1) is 0 Å². The van der Waals surface area contributed by atoms with Gasteiger partial charge in [-0.1, -0.05) is 42.1 Å². The van der Waals surface area contributed by atoms with E-state index in [-0.39, 0.29) is 41.6 Å². The van der Waals surface area contributed by atoms with E-state index in [1.807, 2.05) is 55.4 Å². The molecular formula is C28H37F9N4OP2S. The molecule has 45 heavy (non-hydrogen) atoms. The molecule has 0 fully saturated rings. The maximum atomic E-state index is 14.4. The number of halogens is 9. The molecule has 0 aliphatic heterocycles. The molecule has 17 heteroatoms. The molecule has 5 nitrogen and oxygen atoms in total. The lowest BCUT2D eigenvalue weighted by Crippen LogP contribution is -2.51. The topological polar surface area (TPSA) is 47.6 Å². The van der Waals surface area contributed by atoms with Gasteiger partial charge in [0.15, 0.2) is 6.34 Å². The fourth-order valence-corrected chi connectivity index (χ4v) is 13.1. The van der Waals surface area contributed by atoms with Crippen molar-refractivity contribution < 1.29 is 44.3 Å². The fourth-order valence-electron chi connectivity index (χ4n) is 5.25. The van der Waals surface area contributed by atoms with Crippen LogP contribution in [0.2, 0.25) is 0 Å². The summed E-state index contributed by atoms with van der Waals surface area (Å²) in [5.41, 5.74) is -4.86. The van der Waals surface area contributed by atoms with Crippen molar-refractivity contribution in [2.24, 2.45) is 0 Å². The minimum atomic E-state index is -5.62. The summed E-state index contributed by atoms with van der Waals surface area (Å²) in [5.74, 6) is 0. The van der Waals surface area contributed by atoms with Crippen LogP contribution in [0, 0.1) is 0 Å². The third-order valence-electron chi connectivity index (χ3n) is 6.57. The van der Waals surface area contributed by atoms with Crippen molar-refractivity contribution in [3.05, 3.63) is 59.2 Å². The summed E-state index contributed by atoms with van der Waals surface area (Å²) < 4.78 is 130. The highest BCUT2D eigenvalue weighted by Gasteiger charge is 2.48. The van der Waals surface area contributed by atoms with Gasteiger partial charge >= 0.3 is 18.5 Å². The first-order valence-electron chi connectivity index (χ1n) is 13.8. The molecule has 0 heterocycles. The summed E-state index contributed by atoms with van der Waals surface area (Å²) in [7, 11) is -3.00. The van der Waals surface area contributed by atoms with Gasteiger partial charge in [0.05, 0.1) is 16.7 Å². The largest absolute Gasteiger partial charge is 0.417 e. The van der Waals surface area contributed by atoms with Gasteiger partial charge in [-0.2, -0.15) is 39.5 Å². The number of hydrogen-bond donors (Lipinski definition) is 2. The van der Waals surface area contributed by atoms with E-state index in [4.69, 9.17) is 11.8 Å². The highest BCUT2D eigenvalue weighted by Crippen LogP contribution is 2.58. The van der Waals surface area contributed by atoms with Gasteiger partial charge in [-0.3, -0.25) is 19.6 Å². The van der Waals surface area contributed by atoms with Gasteiger partial charge in [0.25, 0.3) is 5.65 Å². The SMILES string of the molecule is CC(C)N(C(C)C)P(=S)(C(=O)NNP(c1ccccc1)c1c(C(F)(F)F)cc(C(F)(F)F)cc1C(F)(F)F)N(C(C)C)C(C)C. The summed E-state index contributed by atoms with van der Waals surface area (Å²) in [6.45, 7) is 14.5. The monoisotopic (exact) mass is 710 g/mol. The van der Waals surface area contributed by atoms with Gasteiger partial charge in [0.2, 0.25) is 0 Å². The van der Waals surface area contributed by atoms with Crippen LogP contribution in [0.25, 0.3) is 0 Å². The number of amides is 1. The van der Waals surface area contributed by atoms with E-state index in [0.717, 1.165) is 0 Å². The van der Waals surface area contributed by atoms with Crippen LogP contribution in [0.15, 0.2) is 42.5 Å². The number of carbonyl (C=O) groups is 1. The molecule has 2 N–H and O–H groups in total. The van der Waals surface area contributed by atoms with Crippen molar-refractivity contribution in [2.75, 3.05) is 0 Å². The molecule has 0 radical (unpaired) electrons. The Hall–Kier alpha value is -1.76. The van der Waals surface area contributed by atoms with Gasteiger partial charge in [0.1, 0.15) is 0 Å². The number of rotatable bonds is 11. The first kappa shape index (κ1) is 39.4. The van der Waals surface area contributed by atoms with Crippen LogP contribution in [0.3, 0.4) is 0 Å². The number of benzene rings is 2. The molecule has 2 aromatic carbocycles. The molecule has 0 bridgehead atoms. The molecule has 0 spiro atoms. The van der Waals surface area contributed by atoms with Crippen molar-refractivity contribution in [3.8, 4) is 0 Å². The van der Waals surface area contributed by atoms with Crippen LogP contribution in [0.1, 0.15) is 72.1 Å². The van der Waals surface area contributed by atoms with Crippen molar-refractivity contribution in [2.45, 2.75) is 98.1 Å². The van der Waals surface area contributed by atoms with Crippen LogP contribution in [-0.4, -0.2) is 39.2 Å². The molecule has 0 saturated carbocycles. The molecule has 0 aliphatic carbocycles. The Morgan fingerprint density at radius 2 is 1.09 bits per heavy atom. The van der Waals surface area contributed by atoms with Crippen molar-refractivity contribution in [3.63, 3.8) is 0 Å². The Labute approximate surface area is 263 Å².